The number of carboxylic acid groups (broad SMARTS) is 1. The normalized spacial score (nSPS) is 10.9. The van der Waals surface area contributed by atoms with E-state index < -0.39 is 5.97 Å². The minimum absolute atomic E-state index is 0.293. The number of rotatable bonds is 6. The van der Waals surface area contributed by atoms with Crippen LogP contribution >= 0.6 is 0 Å². The first-order valence-corrected chi connectivity index (χ1v) is 5.99. The van der Waals surface area contributed by atoms with Gasteiger partial charge in [0.1, 0.15) is 0 Å². The van der Waals surface area contributed by atoms with Crippen LogP contribution in [0.3, 0.4) is 0 Å². The number of ether oxygens (including phenoxy) is 1. The molecular weight excluding hydrogens is 232 g/mol. The van der Waals surface area contributed by atoms with Crippen LogP contribution in [0.1, 0.15) is 23.7 Å². The molecule has 0 amide bonds. The monoisotopic (exact) mass is 248 g/mol. The van der Waals surface area contributed by atoms with Crippen molar-refractivity contribution in [2.45, 2.75) is 19.9 Å². The first kappa shape index (κ1) is 12.6. The Morgan fingerprint density at radius 1 is 1.50 bits per heavy atom. The van der Waals surface area contributed by atoms with E-state index >= 15 is 0 Å². The van der Waals surface area contributed by atoms with Crippen LogP contribution in [-0.4, -0.2) is 33.8 Å². The van der Waals surface area contributed by atoms with Crippen molar-refractivity contribution >= 4 is 17.0 Å². The molecule has 0 saturated carbocycles. The molecule has 0 radical (unpaired) electrons. The van der Waals surface area contributed by atoms with Gasteiger partial charge in [0.2, 0.25) is 0 Å². The van der Waals surface area contributed by atoms with Crippen molar-refractivity contribution < 1.29 is 14.6 Å². The van der Waals surface area contributed by atoms with E-state index in [4.69, 9.17) is 9.84 Å². The van der Waals surface area contributed by atoms with Gasteiger partial charge in [-0.05, 0) is 25.5 Å². The van der Waals surface area contributed by atoms with Crippen LogP contribution in [0, 0.1) is 0 Å². The average molecular weight is 248 g/mol. The SMILES string of the molecule is CCOCCCn1cnc2cccc(C(=O)O)c21. The molecule has 0 aliphatic carbocycles. The number of benzene rings is 1. The fourth-order valence-corrected chi connectivity index (χ4v) is 1.95. The summed E-state index contributed by atoms with van der Waals surface area (Å²) in [5.74, 6) is -0.924. The number of aromatic nitrogens is 2. The number of fused-ring (bicyclic) bond motifs is 1. The van der Waals surface area contributed by atoms with Crippen molar-refractivity contribution in [3.05, 3.63) is 30.1 Å². The number of aromatic carboxylic acids is 1. The van der Waals surface area contributed by atoms with Crippen LogP contribution in [0.2, 0.25) is 0 Å². The number of aryl methyl sites for hydroxylation is 1. The molecule has 0 fully saturated rings. The van der Waals surface area contributed by atoms with Crippen molar-refractivity contribution in [1.29, 1.82) is 0 Å². The molecule has 1 heterocycles. The van der Waals surface area contributed by atoms with Crippen molar-refractivity contribution in [2.75, 3.05) is 13.2 Å². The van der Waals surface area contributed by atoms with Crippen LogP contribution in [-0.2, 0) is 11.3 Å². The zero-order chi connectivity index (χ0) is 13.0. The van der Waals surface area contributed by atoms with Crippen molar-refractivity contribution in [3.8, 4) is 0 Å². The summed E-state index contributed by atoms with van der Waals surface area (Å²) in [6.07, 6.45) is 2.52. The number of hydrogen-bond acceptors (Lipinski definition) is 3. The minimum atomic E-state index is -0.924. The smallest absolute Gasteiger partial charge is 0.337 e. The molecule has 5 nitrogen and oxygen atoms in total. The highest BCUT2D eigenvalue weighted by Crippen LogP contribution is 2.18. The summed E-state index contributed by atoms with van der Waals surface area (Å²) in [5, 5.41) is 9.17. The van der Waals surface area contributed by atoms with Gasteiger partial charge in [-0.25, -0.2) is 9.78 Å². The standard InChI is InChI=1S/C13H16N2O3/c1-2-18-8-4-7-15-9-14-11-6-3-5-10(12(11)15)13(16)17/h3,5-6,9H,2,4,7-8H2,1H3,(H,16,17). The fourth-order valence-electron chi connectivity index (χ4n) is 1.95. The van der Waals surface area contributed by atoms with Gasteiger partial charge in [-0.1, -0.05) is 6.07 Å². The van der Waals surface area contributed by atoms with Gasteiger partial charge in [0.25, 0.3) is 0 Å². The number of para-hydroxylation sites is 1. The third kappa shape index (κ3) is 2.51. The molecule has 1 aromatic carbocycles. The van der Waals surface area contributed by atoms with Gasteiger partial charge in [0.05, 0.1) is 22.9 Å². The second kappa shape index (κ2) is 5.64. The van der Waals surface area contributed by atoms with E-state index in [0.29, 0.717) is 36.4 Å². The zero-order valence-electron chi connectivity index (χ0n) is 10.3. The number of carboxylic acids is 1. The Morgan fingerprint density at radius 2 is 2.33 bits per heavy atom. The maximum atomic E-state index is 11.2. The molecule has 1 N–H and O–H groups in total. The summed E-state index contributed by atoms with van der Waals surface area (Å²) in [4.78, 5) is 15.4. The summed E-state index contributed by atoms with van der Waals surface area (Å²) in [5.41, 5.74) is 1.69. The highest BCUT2D eigenvalue weighted by Gasteiger charge is 2.12. The minimum Gasteiger partial charge on any atom is -0.478 e. The molecule has 1 aromatic heterocycles. The van der Waals surface area contributed by atoms with E-state index in [1.54, 1.807) is 18.5 Å². The highest BCUT2D eigenvalue weighted by molar-refractivity contribution is 6.01. The fraction of sp³-hybridized carbons (Fsp3) is 0.385. The van der Waals surface area contributed by atoms with Crippen LogP contribution in [0.5, 0.6) is 0 Å². The van der Waals surface area contributed by atoms with Crippen LogP contribution in [0.25, 0.3) is 11.0 Å². The van der Waals surface area contributed by atoms with Gasteiger partial charge < -0.3 is 14.4 Å². The lowest BCUT2D eigenvalue weighted by atomic mass is 10.2. The summed E-state index contributed by atoms with van der Waals surface area (Å²) in [6.45, 7) is 4.03. The van der Waals surface area contributed by atoms with Crippen LogP contribution in [0.4, 0.5) is 0 Å². The molecular formula is C13H16N2O3. The van der Waals surface area contributed by atoms with Crippen molar-refractivity contribution in [2.24, 2.45) is 0 Å². The van der Waals surface area contributed by atoms with Gasteiger partial charge in [-0.15, -0.1) is 0 Å². The number of carbonyl (C=O) groups is 1. The molecule has 0 aliphatic heterocycles. The first-order valence-electron chi connectivity index (χ1n) is 5.99. The maximum Gasteiger partial charge on any atom is 0.337 e. The Morgan fingerprint density at radius 3 is 3.06 bits per heavy atom. The van der Waals surface area contributed by atoms with Gasteiger partial charge in [0, 0.05) is 19.8 Å². The molecule has 0 bridgehead atoms. The van der Waals surface area contributed by atoms with Gasteiger partial charge in [-0.3, -0.25) is 0 Å². The lowest BCUT2D eigenvalue weighted by Gasteiger charge is -2.06. The summed E-state index contributed by atoms with van der Waals surface area (Å²) in [6, 6.07) is 5.13. The predicted octanol–water partition coefficient (Wildman–Crippen LogP) is 2.16. The van der Waals surface area contributed by atoms with E-state index in [2.05, 4.69) is 4.98 Å². The molecule has 5 heteroatoms. The predicted molar refractivity (Wildman–Crippen MR) is 67.8 cm³/mol. The lowest BCUT2D eigenvalue weighted by molar-refractivity contribution is 0.0698. The molecule has 18 heavy (non-hydrogen) atoms. The molecule has 0 unspecified atom stereocenters. The maximum absolute atomic E-state index is 11.2. The van der Waals surface area contributed by atoms with E-state index in [9.17, 15) is 4.79 Å². The Hall–Kier alpha value is -1.88. The number of nitrogens with zero attached hydrogens (tertiary/aromatic N) is 2. The lowest BCUT2D eigenvalue weighted by Crippen LogP contribution is -2.05. The topological polar surface area (TPSA) is 64.4 Å². The largest absolute Gasteiger partial charge is 0.478 e. The van der Waals surface area contributed by atoms with Crippen LogP contribution in [0.15, 0.2) is 24.5 Å². The Kier molecular flexibility index (Phi) is 3.94. The van der Waals surface area contributed by atoms with Gasteiger partial charge in [0.15, 0.2) is 0 Å². The third-order valence-corrected chi connectivity index (χ3v) is 2.76. The summed E-state index contributed by atoms with van der Waals surface area (Å²) < 4.78 is 7.14. The zero-order valence-corrected chi connectivity index (χ0v) is 10.3. The van der Waals surface area contributed by atoms with Crippen molar-refractivity contribution in [3.63, 3.8) is 0 Å². The van der Waals surface area contributed by atoms with E-state index in [0.717, 1.165) is 6.42 Å². The quantitative estimate of drug-likeness (QED) is 0.796. The third-order valence-electron chi connectivity index (χ3n) is 2.76. The van der Waals surface area contributed by atoms with E-state index in [1.807, 2.05) is 17.6 Å². The Bertz CT molecular complexity index is 548. The molecule has 2 aromatic rings. The summed E-state index contributed by atoms with van der Waals surface area (Å²) >= 11 is 0. The molecule has 96 valence electrons. The average Bonchev–Trinajstić information content (AvgIpc) is 2.77. The number of imidazole rings is 1. The van der Waals surface area contributed by atoms with Gasteiger partial charge in [-0.2, -0.15) is 0 Å². The number of hydrogen-bond donors (Lipinski definition) is 1. The molecule has 0 saturated heterocycles. The van der Waals surface area contributed by atoms with Gasteiger partial charge >= 0.3 is 5.97 Å². The Labute approximate surface area is 105 Å². The molecule has 2 rings (SSSR count). The first-order chi connectivity index (χ1) is 8.74. The Balaban J connectivity index is 2.25. The molecule has 0 atom stereocenters. The second-order valence-electron chi connectivity index (χ2n) is 3.97. The molecule has 0 spiro atoms. The summed E-state index contributed by atoms with van der Waals surface area (Å²) in [7, 11) is 0. The van der Waals surface area contributed by atoms with Crippen molar-refractivity contribution in [1.82, 2.24) is 9.55 Å². The van der Waals surface area contributed by atoms with E-state index in [1.165, 1.54) is 0 Å². The highest BCUT2D eigenvalue weighted by atomic mass is 16.5. The second-order valence-corrected chi connectivity index (χ2v) is 3.97. The van der Waals surface area contributed by atoms with E-state index in [-0.39, 0.29) is 0 Å². The van der Waals surface area contributed by atoms with Crippen LogP contribution < -0.4 is 0 Å². The molecule has 0 aliphatic rings.